The minimum atomic E-state index is -1.12. The smallest absolute Gasteiger partial charge is 0.410 e. The minimum absolute atomic E-state index is 0.0196. The molecule has 0 radical (unpaired) electrons. The Labute approximate surface area is 128 Å². The Kier molecular flexibility index (Phi) is 4.98. The number of likely N-dealkylation sites (tertiary alicyclic amines) is 1. The van der Waals surface area contributed by atoms with Gasteiger partial charge in [0.2, 0.25) is 0 Å². The van der Waals surface area contributed by atoms with Gasteiger partial charge < -0.3 is 9.64 Å². The van der Waals surface area contributed by atoms with E-state index in [1.165, 1.54) is 0 Å². The van der Waals surface area contributed by atoms with Gasteiger partial charge in [-0.15, -0.1) is 0 Å². The van der Waals surface area contributed by atoms with E-state index in [0.717, 1.165) is 17.7 Å². The summed E-state index contributed by atoms with van der Waals surface area (Å²) in [5.74, 6) is 0.448. The van der Waals surface area contributed by atoms with E-state index >= 15 is 0 Å². The van der Waals surface area contributed by atoms with Gasteiger partial charge in [0, 0.05) is 35.6 Å². The lowest BCUT2D eigenvalue weighted by molar-refractivity contribution is 0.0241. The van der Waals surface area contributed by atoms with Crippen LogP contribution in [-0.4, -0.2) is 44.1 Å². The third-order valence-corrected chi connectivity index (χ3v) is 4.75. The SMILES string of the molecule is CC(C)(C)OC(=O)N1CCCC1CS(=O)c1ccncc1. The quantitative estimate of drug-likeness (QED) is 0.861. The van der Waals surface area contributed by atoms with Crippen LogP contribution in [0.15, 0.2) is 29.4 Å². The van der Waals surface area contributed by atoms with Crippen molar-refractivity contribution in [2.45, 2.75) is 50.2 Å². The molecular formula is C15H22N2O3S. The highest BCUT2D eigenvalue weighted by Gasteiger charge is 2.33. The third kappa shape index (κ3) is 4.52. The second kappa shape index (κ2) is 6.56. The highest BCUT2D eigenvalue weighted by atomic mass is 32.2. The van der Waals surface area contributed by atoms with Crippen LogP contribution >= 0.6 is 0 Å². The maximum atomic E-state index is 12.4. The molecule has 0 saturated carbocycles. The molecule has 1 aromatic rings. The van der Waals surface area contributed by atoms with Crippen molar-refractivity contribution in [3.63, 3.8) is 0 Å². The summed E-state index contributed by atoms with van der Waals surface area (Å²) in [7, 11) is -1.12. The van der Waals surface area contributed by atoms with E-state index in [1.807, 2.05) is 20.8 Å². The first-order valence-electron chi connectivity index (χ1n) is 7.15. The summed E-state index contributed by atoms with van der Waals surface area (Å²) >= 11 is 0. The van der Waals surface area contributed by atoms with Crippen molar-refractivity contribution in [2.75, 3.05) is 12.3 Å². The predicted molar refractivity (Wildman–Crippen MR) is 81.5 cm³/mol. The first-order chi connectivity index (χ1) is 9.87. The summed E-state index contributed by atoms with van der Waals surface area (Å²) in [5, 5.41) is 0. The molecule has 2 atom stereocenters. The monoisotopic (exact) mass is 310 g/mol. The predicted octanol–water partition coefficient (Wildman–Crippen LogP) is 2.59. The number of pyridine rings is 1. The summed E-state index contributed by atoms with van der Waals surface area (Å²) in [4.78, 5) is 18.6. The molecule has 1 aromatic heterocycles. The molecule has 1 fully saturated rings. The maximum absolute atomic E-state index is 12.4. The summed E-state index contributed by atoms with van der Waals surface area (Å²) < 4.78 is 17.8. The molecule has 21 heavy (non-hydrogen) atoms. The van der Waals surface area contributed by atoms with Crippen molar-refractivity contribution in [3.05, 3.63) is 24.5 Å². The molecule has 2 unspecified atom stereocenters. The van der Waals surface area contributed by atoms with E-state index in [1.54, 1.807) is 29.4 Å². The normalized spacial score (nSPS) is 20.3. The van der Waals surface area contributed by atoms with E-state index in [2.05, 4.69) is 4.98 Å². The topological polar surface area (TPSA) is 59.5 Å². The lowest BCUT2D eigenvalue weighted by Gasteiger charge is -2.28. The van der Waals surface area contributed by atoms with Crippen LogP contribution in [0.5, 0.6) is 0 Å². The van der Waals surface area contributed by atoms with Gasteiger partial charge in [0.15, 0.2) is 0 Å². The molecular weight excluding hydrogens is 288 g/mol. The van der Waals surface area contributed by atoms with Gasteiger partial charge in [-0.2, -0.15) is 0 Å². The average molecular weight is 310 g/mol. The molecule has 1 aliphatic heterocycles. The standard InChI is InChI=1S/C15H22N2O3S/c1-15(2,3)20-14(18)17-10-4-5-12(17)11-21(19)13-6-8-16-9-7-13/h6-9,12H,4-5,10-11H2,1-3H3. The van der Waals surface area contributed by atoms with Crippen molar-refractivity contribution in [1.82, 2.24) is 9.88 Å². The van der Waals surface area contributed by atoms with Crippen LogP contribution in [0.1, 0.15) is 33.6 Å². The molecule has 0 aromatic carbocycles. The highest BCUT2D eigenvalue weighted by Crippen LogP contribution is 2.22. The number of carbonyl (C=O) groups is 1. The van der Waals surface area contributed by atoms with Crippen LogP contribution in [0, 0.1) is 0 Å². The molecule has 0 aliphatic carbocycles. The lowest BCUT2D eigenvalue weighted by Crippen LogP contribution is -2.42. The number of nitrogens with zero attached hydrogens (tertiary/aromatic N) is 2. The van der Waals surface area contributed by atoms with Crippen molar-refractivity contribution >= 4 is 16.9 Å². The molecule has 1 aliphatic rings. The van der Waals surface area contributed by atoms with Gasteiger partial charge in [-0.3, -0.25) is 9.19 Å². The Balaban J connectivity index is 1.99. The first kappa shape index (κ1) is 15.9. The molecule has 2 heterocycles. The zero-order chi connectivity index (χ0) is 15.5. The molecule has 0 bridgehead atoms. The summed E-state index contributed by atoms with van der Waals surface area (Å²) in [5.41, 5.74) is -0.505. The number of amides is 1. The lowest BCUT2D eigenvalue weighted by atomic mass is 10.2. The number of hydrogen-bond donors (Lipinski definition) is 0. The van der Waals surface area contributed by atoms with Crippen molar-refractivity contribution in [3.8, 4) is 0 Å². The van der Waals surface area contributed by atoms with Gasteiger partial charge in [0.05, 0.1) is 10.8 Å². The molecule has 5 nitrogen and oxygen atoms in total. The fourth-order valence-corrected chi connectivity index (χ4v) is 3.64. The summed E-state index contributed by atoms with van der Waals surface area (Å²) in [6, 6.07) is 3.49. The van der Waals surface area contributed by atoms with Crippen LogP contribution in [-0.2, 0) is 15.5 Å². The Bertz CT molecular complexity index is 513. The molecule has 1 saturated heterocycles. The van der Waals surface area contributed by atoms with Crippen LogP contribution in [0.25, 0.3) is 0 Å². The molecule has 0 spiro atoms. The van der Waals surface area contributed by atoms with Crippen LogP contribution in [0.2, 0.25) is 0 Å². The van der Waals surface area contributed by atoms with Crippen molar-refractivity contribution in [2.24, 2.45) is 0 Å². The van der Waals surface area contributed by atoms with Gasteiger partial charge in [-0.1, -0.05) is 0 Å². The van der Waals surface area contributed by atoms with E-state index in [4.69, 9.17) is 4.74 Å². The zero-order valence-electron chi connectivity index (χ0n) is 12.7. The number of hydrogen-bond acceptors (Lipinski definition) is 4. The Morgan fingerprint density at radius 2 is 2.10 bits per heavy atom. The van der Waals surface area contributed by atoms with E-state index < -0.39 is 16.4 Å². The fourth-order valence-electron chi connectivity index (χ4n) is 2.33. The third-order valence-electron chi connectivity index (χ3n) is 3.26. The zero-order valence-corrected chi connectivity index (χ0v) is 13.6. The van der Waals surface area contributed by atoms with Crippen LogP contribution < -0.4 is 0 Å². The maximum Gasteiger partial charge on any atom is 0.410 e. The first-order valence-corrected chi connectivity index (χ1v) is 8.47. The number of aromatic nitrogens is 1. The van der Waals surface area contributed by atoms with Crippen molar-refractivity contribution < 1.29 is 13.7 Å². The van der Waals surface area contributed by atoms with E-state index in [9.17, 15) is 9.00 Å². The Hall–Kier alpha value is -1.43. The van der Waals surface area contributed by atoms with Gasteiger partial charge in [0.25, 0.3) is 0 Å². The van der Waals surface area contributed by atoms with Gasteiger partial charge in [-0.25, -0.2) is 4.79 Å². The Morgan fingerprint density at radius 1 is 1.43 bits per heavy atom. The number of rotatable bonds is 3. The second-order valence-corrected chi connectivity index (χ2v) is 7.66. The van der Waals surface area contributed by atoms with E-state index in [0.29, 0.717) is 12.3 Å². The van der Waals surface area contributed by atoms with Gasteiger partial charge >= 0.3 is 6.09 Å². The molecule has 6 heteroatoms. The van der Waals surface area contributed by atoms with E-state index in [-0.39, 0.29) is 12.1 Å². The fraction of sp³-hybridized carbons (Fsp3) is 0.600. The number of ether oxygens (including phenoxy) is 1. The summed E-state index contributed by atoms with van der Waals surface area (Å²) in [6.07, 6.45) is 4.76. The second-order valence-electron chi connectivity index (χ2n) is 6.16. The average Bonchev–Trinajstić information content (AvgIpc) is 2.86. The van der Waals surface area contributed by atoms with Crippen LogP contribution in [0.3, 0.4) is 0 Å². The molecule has 1 amide bonds. The van der Waals surface area contributed by atoms with Gasteiger partial charge in [0.1, 0.15) is 5.60 Å². The van der Waals surface area contributed by atoms with Crippen LogP contribution in [0.4, 0.5) is 4.79 Å². The highest BCUT2D eigenvalue weighted by molar-refractivity contribution is 7.85. The molecule has 0 N–H and O–H groups in total. The molecule has 116 valence electrons. The molecule has 2 rings (SSSR count). The van der Waals surface area contributed by atoms with Gasteiger partial charge in [-0.05, 0) is 45.7 Å². The largest absolute Gasteiger partial charge is 0.444 e. The summed E-state index contributed by atoms with van der Waals surface area (Å²) in [6.45, 7) is 6.23. The van der Waals surface area contributed by atoms with Crippen molar-refractivity contribution in [1.29, 1.82) is 0 Å². The minimum Gasteiger partial charge on any atom is -0.444 e. The number of carbonyl (C=O) groups excluding carboxylic acids is 1. The Morgan fingerprint density at radius 3 is 2.71 bits per heavy atom.